The van der Waals surface area contributed by atoms with E-state index in [4.69, 9.17) is 5.11 Å². The van der Waals surface area contributed by atoms with Crippen molar-refractivity contribution in [2.45, 2.75) is 46.6 Å². The van der Waals surface area contributed by atoms with Crippen molar-refractivity contribution >= 4 is 23.5 Å². The minimum atomic E-state index is -0.830. The second kappa shape index (κ2) is 9.19. The number of anilines is 1. The molecule has 0 aliphatic carbocycles. The van der Waals surface area contributed by atoms with E-state index in [1.807, 2.05) is 32.6 Å². The van der Waals surface area contributed by atoms with Crippen LogP contribution in [0.3, 0.4) is 0 Å². The van der Waals surface area contributed by atoms with E-state index in [0.717, 1.165) is 12.8 Å². The molecule has 2 amide bonds. The van der Waals surface area contributed by atoms with Gasteiger partial charge in [0.2, 0.25) is 5.91 Å². The number of carboxylic acids is 1. The molecule has 1 heterocycles. The third-order valence-corrected chi connectivity index (χ3v) is 5.10. The van der Waals surface area contributed by atoms with Crippen LogP contribution in [0.4, 0.5) is 5.69 Å². The zero-order valence-electron chi connectivity index (χ0n) is 17.2. The molecular weight excluding hydrogens is 358 g/mol. The van der Waals surface area contributed by atoms with Gasteiger partial charge in [0.05, 0.1) is 17.8 Å². The fourth-order valence-electron chi connectivity index (χ4n) is 3.37. The first-order chi connectivity index (χ1) is 13.1. The molecule has 1 aromatic rings. The number of aliphatic carboxylic acids is 1. The van der Waals surface area contributed by atoms with Gasteiger partial charge in [-0.1, -0.05) is 39.8 Å². The Labute approximate surface area is 166 Å². The molecule has 2 rings (SSSR count). The molecule has 0 atom stereocenters. The summed E-state index contributed by atoms with van der Waals surface area (Å²) in [6.45, 7) is 9.27. The number of likely N-dealkylation sites (tertiary alicyclic amines) is 1. The Hall–Kier alpha value is -2.41. The Morgan fingerprint density at radius 2 is 1.79 bits per heavy atom. The molecule has 1 aliphatic heterocycles. The summed E-state index contributed by atoms with van der Waals surface area (Å²) in [6, 6.07) is 7.23. The zero-order valence-corrected chi connectivity index (χ0v) is 17.2. The van der Waals surface area contributed by atoms with Crippen LogP contribution >= 0.6 is 0 Å². The molecule has 0 unspecified atom stereocenters. The van der Waals surface area contributed by atoms with Gasteiger partial charge < -0.3 is 15.3 Å². The molecule has 1 aliphatic rings. The van der Waals surface area contributed by atoms with Crippen LogP contribution in [0, 0.1) is 5.41 Å². The van der Waals surface area contributed by atoms with Gasteiger partial charge in [-0.2, -0.15) is 0 Å². The highest BCUT2D eigenvalue weighted by Crippen LogP contribution is 2.24. The molecule has 0 saturated carbocycles. The first-order valence-electron chi connectivity index (χ1n) is 9.79. The predicted octanol–water partition coefficient (Wildman–Crippen LogP) is 2.68. The van der Waals surface area contributed by atoms with E-state index in [1.165, 1.54) is 0 Å². The molecule has 0 spiro atoms. The SMILES string of the molecule is CCN(CC(=O)O)C1CCN(C(=O)c2ccccc2NC(=O)C(C)(C)C)CC1. The van der Waals surface area contributed by atoms with Crippen LogP contribution in [0.2, 0.25) is 0 Å². The highest BCUT2D eigenvalue weighted by Gasteiger charge is 2.29. The van der Waals surface area contributed by atoms with Crippen LogP contribution in [0.25, 0.3) is 0 Å². The molecule has 154 valence electrons. The number of nitrogens with zero attached hydrogens (tertiary/aromatic N) is 2. The first-order valence-corrected chi connectivity index (χ1v) is 9.79. The van der Waals surface area contributed by atoms with Crippen LogP contribution in [-0.4, -0.2) is 64.9 Å². The lowest BCUT2D eigenvalue weighted by atomic mass is 9.95. The number of carboxylic acid groups (broad SMARTS) is 1. The Bertz CT molecular complexity index is 719. The first kappa shape index (κ1) is 21.9. The van der Waals surface area contributed by atoms with Gasteiger partial charge in [0, 0.05) is 24.5 Å². The summed E-state index contributed by atoms with van der Waals surface area (Å²) in [5.41, 5.74) is 0.453. The van der Waals surface area contributed by atoms with Gasteiger partial charge in [-0.05, 0) is 31.5 Å². The van der Waals surface area contributed by atoms with Crippen molar-refractivity contribution in [1.29, 1.82) is 0 Å². The monoisotopic (exact) mass is 389 g/mol. The minimum Gasteiger partial charge on any atom is -0.480 e. The van der Waals surface area contributed by atoms with Crippen molar-refractivity contribution in [3.63, 3.8) is 0 Å². The van der Waals surface area contributed by atoms with E-state index in [1.54, 1.807) is 29.2 Å². The van der Waals surface area contributed by atoms with Gasteiger partial charge in [0.25, 0.3) is 5.91 Å². The highest BCUT2D eigenvalue weighted by molar-refractivity contribution is 6.04. The smallest absolute Gasteiger partial charge is 0.317 e. The summed E-state index contributed by atoms with van der Waals surface area (Å²) in [5.74, 6) is -1.08. The Morgan fingerprint density at radius 3 is 2.32 bits per heavy atom. The number of rotatable bonds is 6. The number of hydrogen-bond acceptors (Lipinski definition) is 4. The summed E-state index contributed by atoms with van der Waals surface area (Å²) in [7, 11) is 0. The maximum Gasteiger partial charge on any atom is 0.317 e. The number of benzene rings is 1. The van der Waals surface area contributed by atoms with E-state index in [0.29, 0.717) is 30.9 Å². The number of hydrogen-bond donors (Lipinski definition) is 2. The molecule has 28 heavy (non-hydrogen) atoms. The number of nitrogens with one attached hydrogen (secondary N) is 1. The van der Waals surface area contributed by atoms with E-state index in [2.05, 4.69) is 5.32 Å². The molecule has 0 radical (unpaired) electrons. The van der Waals surface area contributed by atoms with Gasteiger partial charge in [-0.3, -0.25) is 19.3 Å². The molecule has 0 aromatic heterocycles. The number of carbonyl (C=O) groups excluding carboxylic acids is 2. The number of piperidine rings is 1. The van der Waals surface area contributed by atoms with Gasteiger partial charge in [-0.15, -0.1) is 0 Å². The van der Waals surface area contributed by atoms with Crippen LogP contribution < -0.4 is 5.32 Å². The summed E-state index contributed by atoms with van der Waals surface area (Å²) >= 11 is 0. The molecule has 0 bridgehead atoms. The standard InChI is InChI=1S/C21H31N3O4/c1-5-23(14-18(25)26)15-10-12-24(13-11-15)19(27)16-8-6-7-9-17(16)22-20(28)21(2,3)4/h6-9,15H,5,10-14H2,1-4H3,(H,22,28)(H,25,26). The largest absolute Gasteiger partial charge is 0.480 e. The summed E-state index contributed by atoms with van der Waals surface area (Å²) in [4.78, 5) is 40.1. The lowest BCUT2D eigenvalue weighted by molar-refractivity contribution is -0.139. The van der Waals surface area contributed by atoms with Crippen molar-refractivity contribution in [2.75, 3.05) is 31.5 Å². The maximum absolute atomic E-state index is 13.0. The van der Waals surface area contributed by atoms with Crippen molar-refractivity contribution in [3.8, 4) is 0 Å². The second-order valence-electron chi connectivity index (χ2n) is 8.23. The fourth-order valence-corrected chi connectivity index (χ4v) is 3.37. The van der Waals surface area contributed by atoms with E-state index < -0.39 is 11.4 Å². The molecule has 1 aromatic carbocycles. The minimum absolute atomic E-state index is 0.0246. The molecule has 1 fully saturated rings. The summed E-state index contributed by atoms with van der Waals surface area (Å²) in [6.07, 6.45) is 1.48. The molecular formula is C21H31N3O4. The van der Waals surface area contributed by atoms with E-state index in [9.17, 15) is 14.4 Å². The van der Waals surface area contributed by atoms with Crippen LogP contribution in [0.15, 0.2) is 24.3 Å². The highest BCUT2D eigenvalue weighted by atomic mass is 16.4. The van der Waals surface area contributed by atoms with Gasteiger partial charge in [-0.25, -0.2) is 0 Å². The maximum atomic E-state index is 13.0. The number of carbonyl (C=O) groups is 3. The van der Waals surface area contributed by atoms with Crippen LogP contribution in [0.1, 0.15) is 50.9 Å². The number of likely N-dealkylation sites (N-methyl/N-ethyl adjacent to an activating group) is 1. The fraction of sp³-hybridized carbons (Fsp3) is 0.571. The average Bonchev–Trinajstić information content (AvgIpc) is 2.65. The second-order valence-corrected chi connectivity index (χ2v) is 8.23. The third-order valence-electron chi connectivity index (χ3n) is 5.10. The number of amides is 2. The Kier molecular flexibility index (Phi) is 7.18. The normalized spacial score (nSPS) is 15.5. The van der Waals surface area contributed by atoms with Crippen molar-refractivity contribution in [2.24, 2.45) is 5.41 Å². The average molecular weight is 389 g/mol. The van der Waals surface area contributed by atoms with E-state index in [-0.39, 0.29) is 24.4 Å². The summed E-state index contributed by atoms with van der Waals surface area (Å²) in [5, 5.41) is 11.9. The van der Waals surface area contributed by atoms with Gasteiger partial charge in [0.1, 0.15) is 0 Å². The van der Waals surface area contributed by atoms with Gasteiger partial charge in [0.15, 0.2) is 0 Å². The zero-order chi connectivity index (χ0) is 20.9. The van der Waals surface area contributed by atoms with Crippen LogP contribution in [-0.2, 0) is 9.59 Å². The quantitative estimate of drug-likeness (QED) is 0.781. The Balaban J connectivity index is 2.06. The number of para-hydroxylation sites is 1. The predicted molar refractivity (Wildman–Crippen MR) is 108 cm³/mol. The molecule has 1 saturated heterocycles. The van der Waals surface area contributed by atoms with Crippen molar-refractivity contribution < 1.29 is 19.5 Å². The van der Waals surface area contributed by atoms with Crippen molar-refractivity contribution in [3.05, 3.63) is 29.8 Å². The third kappa shape index (κ3) is 5.55. The molecule has 7 nitrogen and oxygen atoms in total. The lowest BCUT2D eigenvalue weighted by Gasteiger charge is -2.37. The van der Waals surface area contributed by atoms with Crippen molar-refractivity contribution in [1.82, 2.24) is 9.80 Å². The van der Waals surface area contributed by atoms with Gasteiger partial charge >= 0.3 is 5.97 Å². The van der Waals surface area contributed by atoms with Crippen LogP contribution in [0.5, 0.6) is 0 Å². The summed E-state index contributed by atoms with van der Waals surface area (Å²) < 4.78 is 0. The lowest BCUT2D eigenvalue weighted by Crippen LogP contribution is -2.48. The van der Waals surface area contributed by atoms with E-state index >= 15 is 0 Å². The Morgan fingerprint density at radius 1 is 1.18 bits per heavy atom. The molecule has 2 N–H and O–H groups in total. The molecule has 7 heteroatoms. The topological polar surface area (TPSA) is 90.0 Å².